The van der Waals surface area contributed by atoms with Crippen LogP contribution >= 0.6 is 22.7 Å². The number of benzene rings is 7. The van der Waals surface area contributed by atoms with Gasteiger partial charge in [0, 0.05) is 73.0 Å². The molecule has 0 saturated heterocycles. The van der Waals surface area contributed by atoms with Crippen LogP contribution < -0.4 is 0 Å². The first kappa shape index (κ1) is 28.0. The lowest BCUT2D eigenvalue weighted by Crippen LogP contribution is -1.92. The molecular formula is C46H26N2S2. The van der Waals surface area contributed by atoms with Crippen LogP contribution in [0.25, 0.3) is 107 Å². The van der Waals surface area contributed by atoms with Gasteiger partial charge in [-0.2, -0.15) is 0 Å². The number of rotatable bonds is 3. The Labute approximate surface area is 295 Å². The summed E-state index contributed by atoms with van der Waals surface area (Å²) in [7, 11) is 0. The minimum Gasteiger partial charge on any atom is -0.247 e. The normalized spacial score (nSPS) is 12.0. The summed E-state index contributed by atoms with van der Waals surface area (Å²) >= 11 is 3.71. The molecule has 0 N–H and O–H groups in total. The van der Waals surface area contributed by atoms with Crippen LogP contribution in [-0.2, 0) is 0 Å². The van der Waals surface area contributed by atoms with Crippen LogP contribution in [0.1, 0.15) is 0 Å². The van der Waals surface area contributed by atoms with E-state index in [9.17, 15) is 0 Å². The van der Waals surface area contributed by atoms with Crippen molar-refractivity contribution in [1.29, 1.82) is 0 Å². The number of thiophene rings is 2. The summed E-state index contributed by atoms with van der Waals surface area (Å²) in [6.45, 7) is 0. The average Bonchev–Trinajstić information content (AvgIpc) is 3.76. The molecule has 0 aliphatic rings. The van der Waals surface area contributed by atoms with Gasteiger partial charge in [-0.3, -0.25) is 0 Å². The van der Waals surface area contributed by atoms with E-state index in [1.807, 2.05) is 22.7 Å². The van der Waals surface area contributed by atoms with Crippen molar-refractivity contribution in [3.05, 3.63) is 158 Å². The molecule has 4 heterocycles. The molecule has 7 aromatic carbocycles. The third kappa shape index (κ3) is 4.13. The van der Waals surface area contributed by atoms with Gasteiger partial charge >= 0.3 is 0 Å². The molecule has 2 nitrogen and oxygen atoms in total. The fraction of sp³-hybridized carbons (Fsp3) is 0. The minimum absolute atomic E-state index is 0.966. The van der Waals surface area contributed by atoms with Crippen molar-refractivity contribution >= 4 is 95.6 Å². The Morgan fingerprint density at radius 2 is 0.780 bits per heavy atom. The highest BCUT2D eigenvalue weighted by Crippen LogP contribution is 2.43. The van der Waals surface area contributed by atoms with Gasteiger partial charge in [-0.1, -0.05) is 115 Å². The molecule has 0 radical (unpaired) electrons. The quantitative estimate of drug-likeness (QED) is 0.175. The maximum atomic E-state index is 5.39. The summed E-state index contributed by atoms with van der Waals surface area (Å²) in [6, 6.07) is 56.9. The van der Waals surface area contributed by atoms with Gasteiger partial charge in [-0.15, -0.1) is 22.7 Å². The number of nitrogens with zero attached hydrogens (tertiary/aromatic N) is 2. The van der Waals surface area contributed by atoms with Crippen LogP contribution in [0.2, 0.25) is 0 Å². The van der Waals surface area contributed by atoms with Gasteiger partial charge < -0.3 is 0 Å². The van der Waals surface area contributed by atoms with Crippen molar-refractivity contribution in [1.82, 2.24) is 9.97 Å². The summed E-state index contributed by atoms with van der Waals surface area (Å²) in [5, 5.41) is 9.70. The van der Waals surface area contributed by atoms with E-state index in [1.54, 1.807) is 0 Å². The summed E-state index contributed by atoms with van der Waals surface area (Å²) < 4.78 is 5.23. The summed E-state index contributed by atoms with van der Waals surface area (Å²) in [4.78, 5) is 10.8. The van der Waals surface area contributed by atoms with E-state index in [4.69, 9.17) is 9.97 Å². The summed E-state index contributed by atoms with van der Waals surface area (Å²) in [5.41, 5.74) is 8.72. The molecule has 0 aliphatic carbocycles. The monoisotopic (exact) mass is 670 g/mol. The topological polar surface area (TPSA) is 25.8 Å². The maximum Gasteiger partial charge on any atom is 0.0795 e. The first-order valence-corrected chi connectivity index (χ1v) is 18.5. The number of aromatic nitrogens is 2. The van der Waals surface area contributed by atoms with Crippen molar-refractivity contribution in [2.45, 2.75) is 0 Å². The average molecular weight is 671 g/mol. The first-order chi connectivity index (χ1) is 24.8. The van der Waals surface area contributed by atoms with Gasteiger partial charge in [0.25, 0.3) is 0 Å². The van der Waals surface area contributed by atoms with E-state index in [-0.39, 0.29) is 0 Å². The van der Waals surface area contributed by atoms with E-state index >= 15 is 0 Å². The predicted molar refractivity (Wildman–Crippen MR) is 217 cm³/mol. The zero-order chi connectivity index (χ0) is 32.8. The number of hydrogen-bond acceptors (Lipinski definition) is 4. The molecule has 0 amide bonds. The molecular weight excluding hydrogens is 645 g/mol. The standard InChI is InChI=1S/C46H26N2S2/c1-2-15-33-32(14-1)43-34(35-23-25-40(48-44(33)35)38-19-9-18-37-31-13-4-6-21-42(31)50-46(37)38)22-24-39(47-43)28-11-7-10-27(26-28)29-16-8-17-36-30-12-3-5-20-41(30)49-45(29)36/h1-26H. The molecule has 50 heavy (non-hydrogen) atoms. The van der Waals surface area contributed by atoms with Gasteiger partial charge in [0.2, 0.25) is 0 Å². The van der Waals surface area contributed by atoms with Crippen LogP contribution in [0.4, 0.5) is 0 Å². The third-order valence-corrected chi connectivity index (χ3v) is 12.5. The van der Waals surface area contributed by atoms with Crippen molar-refractivity contribution in [3.63, 3.8) is 0 Å². The molecule has 0 saturated carbocycles. The van der Waals surface area contributed by atoms with Gasteiger partial charge in [-0.25, -0.2) is 9.97 Å². The number of fused-ring (bicyclic) bond motifs is 12. The SMILES string of the molecule is c1cc(-c2ccc3c4ccc(-c5cccc6c5sc5ccccc56)nc4c4ccccc4c3n2)cc(-c2cccc3c2sc2ccccc23)c1. The molecule has 0 bridgehead atoms. The Hall–Kier alpha value is -5.94. The smallest absolute Gasteiger partial charge is 0.0795 e. The molecule has 0 aliphatic heterocycles. The largest absolute Gasteiger partial charge is 0.247 e. The molecule has 0 unspecified atom stereocenters. The van der Waals surface area contributed by atoms with Crippen molar-refractivity contribution < 1.29 is 0 Å². The van der Waals surface area contributed by atoms with Crippen molar-refractivity contribution in [2.24, 2.45) is 0 Å². The molecule has 4 heteroatoms. The van der Waals surface area contributed by atoms with Crippen LogP contribution in [0.15, 0.2) is 158 Å². The van der Waals surface area contributed by atoms with Crippen LogP contribution in [0, 0.1) is 0 Å². The maximum absolute atomic E-state index is 5.39. The Bertz CT molecular complexity index is 3150. The Morgan fingerprint density at radius 1 is 0.320 bits per heavy atom. The molecule has 0 fully saturated rings. The second kappa shape index (κ2) is 10.8. The van der Waals surface area contributed by atoms with E-state index in [2.05, 4.69) is 158 Å². The van der Waals surface area contributed by atoms with Gasteiger partial charge in [-0.05, 0) is 53.6 Å². The highest BCUT2D eigenvalue weighted by Gasteiger charge is 2.17. The fourth-order valence-corrected chi connectivity index (χ4v) is 10.2. The van der Waals surface area contributed by atoms with Crippen LogP contribution in [0.5, 0.6) is 0 Å². The lowest BCUT2D eigenvalue weighted by Gasteiger charge is -2.13. The lowest BCUT2D eigenvalue weighted by atomic mass is 9.97. The second-order valence-corrected chi connectivity index (χ2v) is 15.0. The van der Waals surface area contributed by atoms with E-state index in [1.165, 1.54) is 57.0 Å². The third-order valence-electron chi connectivity index (χ3n) is 10.1. The minimum atomic E-state index is 0.966. The summed E-state index contributed by atoms with van der Waals surface area (Å²) in [5.74, 6) is 0. The lowest BCUT2D eigenvalue weighted by molar-refractivity contribution is 1.40. The van der Waals surface area contributed by atoms with Crippen LogP contribution in [0.3, 0.4) is 0 Å². The van der Waals surface area contributed by atoms with Gasteiger partial charge in [0.1, 0.15) is 0 Å². The van der Waals surface area contributed by atoms with Gasteiger partial charge in [0.05, 0.1) is 22.4 Å². The van der Waals surface area contributed by atoms with Crippen LogP contribution in [-0.4, -0.2) is 9.97 Å². The molecule has 11 aromatic rings. The van der Waals surface area contributed by atoms with Crippen molar-refractivity contribution in [3.8, 4) is 33.6 Å². The van der Waals surface area contributed by atoms with E-state index < -0.39 is 0 Å². The van der Waals surface area contributed by atoms with Gasteiger partial charge in [0.15, 0.2) is 0 Å². The Balaban J connectivity index is 1.07. The second-order valence-electron chi connectivity index (χ2n) is 12.9. The summed E-state index contributed by atoms with van der Waals surface area (Å²) in [6.07, 6.45) is 0. The highest BCUT2D eigenvalue weighted by atomic mass is 32.1. The van der Waals surface area contributed by atoms with E-state index in [0.717, 1.165) is 49.5 Å². The highest BCUT2D eigenvalue weighted by molar-refractivity contribution is 7.26. The molecule has 4 aromatic heterocycles. The fourth-order valence-electron chi connectivity index (χ4n) is 7.74. The first-order valence-electron chi connectivity index (χ1n) is 16.8. The Kier molecular flexibility index (Phi) is 6.03. The zero-order valence-electron chi connectivity index (χ0n) is 26.7. The number of pyridine rings is 2. The van der Waals surface area contributed by atoms with Crippen molar-refractivity contribution in [2.75, 3.05) is 0 Å². The predicted octanol–water partition coefficient (Wildman–Crippen LogP) is 13.7. The number of hydrogen-bond donors (Lipinski definition) is 0. The molecule has 232 valence electrons. The molecule has 11 rings (SSSR count). The molecule has 0 spiro atoms. The Morgan fingerprint density at radius 3 is 1.44 bits per heavy atom. The van der Waals surface area contributed by atoms with E-state index in [0.29, 0.717) is 0 Å². The molecule has 0 atom stereocenters. The zero-order valence-corrected chi connectivity index (χ0v) is 28.4.